The van der Waals surface area contributed by atoms with Gasteiger partial charge < -0.3 is 60.0 Å². The molecule has 1 spiro atoms. The summed E-state index contributed by atoms with van der Waals surface area (Å²) in [7, 11) is 9.98. The summed E-state index contributed by atoms with van der Waals surface area (Å²) in [6.45, 7) is 4.41. The first-order valence-corrected chi connectivity index (χ1v) is 36.4. The molecular weight excluding hydrogens is 1310 g/mol. The van der Waals surface area contributed by atoms with Crippen LogP contribution in [-0.2, 0) is 70.1 Å². The second kappa shape index (κ2) is 35.5. The first-order chi connectivity index (χ1) is 46.8. The maximum atomic E-state index is 15.7. The second-order valence-electron chi connectivity index (χ2n) is 29.0. The zero-order valence-electron chi connectivity index (χ0n) is 59.9. The van der Waals surface area contributed by atoms with Crippen LogP contribution >= 0.6 is 11.6 Å². The van der Waals surface area contributed by atoms with E-state index in [1.807, 2.05) is 6.92 Å². The van der Waals surface area contributed by atoms with Crippen molar-refractivity contribution in [1.29, 1.82) is 0 Å². The fraction of sp³-hybridized carbons (Fsp3) is 0.746. The number of aryl methyl sites for hydroxylation is 1. The van der Waals surface area contributed by atoms with Crippen molar-refractivity contribution in [2.24, 2.45) is 17.8 Å². The van der Waals surface area contributed by atoms with Gasteiger partial charge in [0, 0.05) is 69.0 Å². The third-order valence-corrected chi connectivity index (χ3v) is 22.4. The maximum absolute atomic E-state index is 15.7. The number of halogens is 4. The topological polar surface area (TPSA) is 270 Å². The molecule has 28 heteroatoms. The number of hydrogen-bond donors (Lipinski definition) is 3. The highest BCUT2D eigenvalue weighted by Crippen LogP contribution is 2.38. The molecule has 3 saturated heterocycles. The number of hydrogen-bond acceptors (Lipinski definition) is 12. The number of piperidine rings is 1. The first kappa shape index (κ1) is 79.3. The van der Waals surface area contributed by atoms with Crippen LogP contribution < -0.4 is 16.0 Å². The van der Waals surface area contributed by atoms with Crippen molar-refractivity contribution in [3.05, 3.63) is 34.3 Å². The molecule has 6 aliphatic rings. The molecule has 3 aliphatic heterocycles. The molecule has 0 radical (unpaired) electrons. The van der Waals surface area contributed by atoms with Gasteiger partial charge in [0.1, 0.15) is 47.8 Å². The predicted molar refractivity (Wildman–Crippen MR) is 364 cm³/mol. The summed E-state index contributed by atoms with van der Waals surface area (Å²) in [5.74, 6) is -8.52. The molecule has 12 amide bonds. The molecule has 8 atom stereocenters. The molecule has 99 heavy (non-hydrogen) atoms. The minimum absolute atomic E-state index is 0.0217. The third-order valence-electron chi connectivity index (χ3n) is 22.0. The van der Waals surface area contributed by atoms with E-state index in [1.54, 1.807) is 18.7 Å². The van der Waals surface area contributed by atoms with Gasteiger partial charge in [0.15, 0.2) is 0 Å². The van der Waals surface area contributed by atoms with E-state index in [0.717, 1.165) is 84.6 Å². The predicted octanol–water partition coefficient (Wildman–Crippen LogP) is 5.79. The van der Waals surface area contributed by atoms with E-state index in [0.29, 0.717) is 70.0 Å². The number of amides is 12. The number of fused-ring (bicyclic) bond motifs is 1. The van der Waals surface area contributed by atoms with Gasteiger partial charge in [0.25, 0.3) is 0 Å². The van der Waals surface area contributed by atoms with E-state index in [-0.39, 0.29) is 57.4 Å². The van der Waals surface area contributed by atoms with Crippen molar-refractivity contribution < 1.29 is 70.7 Å². The monoisotopic (exact) mass is 1410 g/mol. The average Bonchev–Trinajstić information content (AvgIpc) is 1.50. The van der Waals surface area contributed by atoms with Crippen LogP contribution in [0.3, 0.4) is 0 Å². The smallest absolute Gasteiger partial charge is 0.343 e. The molecule has 1 aromatic carbocycles. The summed E-state index contributed by atoms with van der Waals surface area (Å²) in [6, 6.07) is -5.48. The standard InChI is InChI=1S/C71H108ClF3N12O12/c1-11-45(3)60-67(97)81(6)43-58(90)79(4)44-59(91)83(8)54(40-46-25-16-13-17-26-46)65(95)80(5)42-56(88)76-51(33-31-47-30-32-49(50(72)39-47)71(73,74)75)64(94)87-38-24-29-53(87)63(93)78-70(34-20-21-35-70)69(99)85(10)61(48-27-18-14-19-28-48)68(98)84(9)55(66(96)86-36-22-15-23-37-86)41-57(89)82(7)52(12-2)62(92)77-60/h30,32,39,45-46,48,51-55,60-61H,11-29,31,33-38,40-44H2,1-10H3,(H,76,88)(H,77,92)(H,78,93)/t45-,51-,52-,53-,54-,55-,60-,61-/m0/s1. The van der Waals surface area contributed by atoms with Crippen molar-refractivity contribution in [2.75, 3.05) is 88.6 Å². The Morgan fingerprint density at radius 3 is 1.82 bits per heavy atom. The number of carbonyl (C=O) groups is 12. The fourth-order valence-corrected chi connectivity index (χ4v) is 15.9. The molecule has 552 valence electrons. The quantitative estimate of drug-likeness (QED) is 0.251. The lowest BCUT2D eigenvalue weighted by Gasteiger charge is -2.43. The zero-order chi connectivity index (χ0) is 72.8. The van der Waals surface area contributed by atoms with Crippen LogP contribution in [0.4, 0.5) is 13.2 Å². The Balaban J connectivity index is 1.28. The fourth-order valence-electron chi connectivity index (χ4n) is 15.6. The molecule has 24 nitrogen and oxygen atoms in total. The Hall–Kier alpha value is -7.06. The Morgan fingerprint density at radius 1 is 0.616 bits per heavy atom. The van der Waals surface area contributed by atoms with E-state index in [4.69, 9.17) is 11.6 Å². The van der Waals surface area contributed by atoms with Gasteiger partial charge >= 0.3 is 6.18 Å². The number of nitrogens with zero attached hydrogens (tertiary/aromatic N) is 9. The summed E-state index contributed by atoms with van der Waals surface area (Å²) in [4.78, 5) is 190. The lowest BCUT2D eigenvalue weighted by Crippen LogP contribution is -2.65. The largest absolute Gasteiger partial charge is 0.417 e. The van der Waals surface area contributed by atoms with E-state index < -0.39 is 173 Å². The third kappa shape index (κ3) is 19.7. The highest BCUT2D eigenvalue weighted by Gasteiger charge is 2.51. The van der Waals surface area contributed by atoms with Gasteiger partial charge in [-0.25, -0.2) is 0 Å². The molecule has 6 fully saturated rings. The van der Waals surface area contributed by atoms with Gasteiger partial charge in [0.2, 0.25) is 70.9 Å². The van der Waals surface area contributed by atoms with Crippen LogP contribution in [0.5, 0.6) is 0 Å². The number of likely N-dealkylation sites (N-methyl/N-ethyl adjacent to an activating group) is 7. The molecule has 3 saturated carbocycles. The van der Waals surface area contributed by atoms with Crippen LogP contribution in [0.15, 0.2) is 18.2 Å². The van der Waals surface area contributed by atoms with Crippen molar-refractivity contribution >= 4 is 82.5 Å². The van der Waals surface area contributed by atoms with Gasteiger partial charge in [-0.15, -0.1) is 0 Å². The van der Waals surface area contributed by atoms with Gasteiger partial charge in [0.05, 0.1) is 36.6 Å². The number of likely N-dealkylation sites (tertiary alicyclic amines) is 1. The minimum atomic E-state index is -4.76. The Morgan fingerprint density at radius 2 is 1.21 bits per heavy atom. The molecule has 0 bridgehead atoms. The average molecular weight is 1410 g/mol. The Bertz CT molecular complexity index is 3080. The van der Waals surface area contributed by atoms with Gasteiger partial charge in [-0.2, -0.15) is 13.2 Å². The van der Waals surface area contributed by atoms with Crippen LogP contribution in [-0.4, -0.2) is 251 Å². The molecule has 1 aromatic rings. The summed E-state index contributed by atoms with van der Waals surface area (Å²) >= 11 is 6.16. The number of alkyl halides is 3. The summed E-state index contributed by atoms with van der Waals surface area (Å²) in [5, 5.41) is 8.13. The van der Waals surface area contributed by atoms with E-state index >= 15 is 24.0 Å². The molecule has 7 rings (SSSR count). The lowest BCUT2D eigenvalue weighted by atomic mass is 9.81. The van der Waals surface area contributed by atoms with E-state index in [2.05, 4.69) is 16.0 Å². The molecule has 3 aliphatic carbocycles. The highest BCUT2D eigenvalue weighted by atomic mass is 35.5. The van der Waals surface area contributed by atoms with Gasteiger partial charge in [-0.3, -0.25) is 57.5 Å². The normalized spacial score (nSPS) is 27.0. The van der Waals surface area contributed by atoms with E-state index in [9.17, 15) is 46.7 Å². The molecular formula is C71H108ClF3N12O12. The van der Waals surface area contributed by atoms with Gasteiger partial charge in [-0.1, -0.05) is 109 Å². The Labute approximate surface area is 586 Å². The molecule has 3 N–H and O–H groups in total. The molecule has 3 heterocycles. The van der Waals surface area contributed by atoms with Crippen molar-refractivity contribution in [3.63, 3.8) is 0 Å². The van der Waals surface area contributed by atoms with Gasteiger partial charge in [-0.05, 0) is 119 Å². The first-order valence-electron chi connectivity index (χ1n) is 36.0. The maximum Gasteiger partial charge on any atom is 0.417 e. The van der Waals surface area contributed by atoms with Crippen LogP contribution in [0.2, 0.25) is 5.02 Å². The van der Waals surface area contributed by atoms with Crippen LogP contribution in [0.25, 0.3) is 0 Å². The molecule has 0 aromatic heterocycles. The zero-order valence-corrected chi connectivity index (χ0v) is 60.6. The summed E-state index contributed by atoms with van der Waals surface area (Å²) in [5.41, 5.74) is -2.33. The Kier molecular flexibility index (Phi) is 28.4. The molecule has 0 unspecified atom stereocenters. The van der Waals surface area contributed by atoms with Crippen molar-refractivity contribution in [3.8, 4) is 0 Å². The lowest BCUT2D eigenvalue weighted by molar-refractivity contribution is -0.157. The minimum Gasteiger partial charge on any atom is -0.343 e. The second-order valence-corrected chi connectivity index (χ2v) is 29.4. The highest BCUT2D eigenvalue weighted by molar-refractivity contribution is 6.31. The SMILES string of the molecule is CC[C@H](C)[C@@H]1NC(=O)[C@H](CC)N(C)C(=O)C[C@@H](C(=O)N2CCCCC2)N(C)C(=O)[C@H](C2CCCCC2)N(C)C(=O)C2(CCCC2)NC(=O)[C@@H]2CCCN2C(=O)[C@H](CCc2ccc(C(F)(F)F)c(Cl)c2)NC(=O)CN(C)C(=O)[C@H](CC2CCCCC2)N(C)C(=O)CN(C)C(=O)CN(C)C1=O. The summed E-state index contributed by atoms with van der Waals surface area (Å²) in [6.07, 6.45) is 7.10. The number of benzene rings is 1. The number of nitrogens with one attached hydrogen (secondary N) is 3. The van der Waals surface area contributed by atoms with Crippen molar-refractivity contribution in [2.45, 2.75) is 235 Å². The van der Waals surface area contributed by atoms with Crippen molar-refractivity contribution in [1.82, 2.24) is 60.0 Å². The van der Waals surface area contributed by atoms with E-state index in [1.165, 1.54) is 79.9 Å². The number of carbonyl (C=O) groups excluding carboxylic acids is 12. The van der Waals surface area contributed by atoms with Crippen LogP contribution in [0, 0.1) is 17.8 Å². The van der Waals surface area contributed by atoms with Crippen LogP contribution in [0.1, 0.15) is 186 Å². The number of rotatable bonds is 10. The summed E-state index contributed by atoms with van der Waals surface area (Å²) < 4.78 is 41.6.